The number of hydrogen-bond donors (Lipinski definition) is 0. The van der Waals surface area contributed by atoms with Crippen LogP contribution in [-0.2, 0) is 4.74 Å². The third-order valence-corrected chi connectivity index (χ3v) is 3.71. The fourth-order valence-electron chi connectivity index (χ4n) is 2.44. The monoisotopic (exact) mass is 330 g/mol. The maximum absolute atomic E-state index is 5.48. The van der Waals surface area contributed by atoms with Crippen LogP contribution in [0.25, 0.3) is 0 Å². The van der Waals surface area contributed by atoms with Crippen LogP contribution >= 0.6 is 0 Å². The number of aliphatic imine (C=N–C) groups is 2. The predicted octanol–water partition coefficient (Wildman–Crippen LogP) is 3.40. The van der Waals surface area contributed by atoms with E-state index in [4.69, 9.17) is 14.7 Å². The number of ether oxygens (including phenoxy) is 1. The molecule has 1 fully saturated rings. The smallest absolute Gasteiger partial charge is 0.227 e. The highest BCUT2D eigenvalue weighted by Crippen LogP contribution is 2.21. The molecule has 2 rings (SSSR count). The predicted molar refractivity (Wildman–Crippen MR) is 101 cm³/mol. The van der Waals surface area contributed by atoms with Gasteiger partial charge in [0.25, 0.3) is 0 Å². The molecule has 1 saturated heterocycles. The van der Waals surface area contributed by atoms with Gasteiger partial charge in [-0.05, 0) is 17.5 Å². The molecule has 1 aliphatic heterocycles. The van der Waals surface area contributed by atoms with E-state index in [9.17, 15) is 0 Å². The highest BCUT2D eigenvalue weighted by molar-refractivity contribution is 5.97. The highest BCUT2D eigenvalue weighted by Gasteiger charge is 2.20. The zero-order valence-corrected chi connectivity index (χ0v) is 15.6. The summed E-state index contributed by atoms with van der Waals surface area (Å²) in [6.07, 6.45) is 0.901. The van der Waals surface area contributed by atoms with Crippen molar-refractivity contribution >= 4 is 17.5 Å². The minimum atomic E-state index is 0.173. The Kier molecular flexibility index (Phi) is 6.37. The first-order valence-electron chi connectivity index (χ1n) is 8.56. The van der Waals surface area contributed by atoms with Crippen LogP contribution in [0.15, 0.2) is 40.3 Å². The van der Waals surface area contributed by atoms with Gasteiger partial charge in [-0.3, -0.25) is 0 Å². The Morgan fingerprint density at radius 2 is 1.75 bits per heavy atom. The summed E-state index contributed by atoms with van der Waals surface area (Å²) in [7, 11) is 4.09. The van der Waals surface area contributed by atoms with E-state index in [1.807, 2.05) is 44.4 Å². The number of morpholine rings is 1. The molecule has 5 nitrogen and oxygen atoms in total. The van der Waals surface area contributed by atoms with Gasteiger partial charge in [0, 0.05) is 33.6 Å². The van der Waals surface area contributed by atoms with Crippen molar-refractivity contribution in [2.75, 3.05) is 40.4 Å². The van der Waals surface area contributed by atoms with Gasteiger partial charge in [-0.25, -0.2) is 4.99 Å². The van der Waals surface area contributed by atoms with Crippen LogP contribution in [0.5, 0.6) is 0 Å². The lowest BCUT2D eigenvalue weighted by molar-refractivity contribution is 0.0676. The molecule has 5 heteroatoms. The van der Waals surface area contributed by atoms with Crippen molar-refractivity contribution in [1.82, 2.24) is 9.80 Å². The van der Waals surface area contributed by atoms with E-state index in [1.54, 1.807) is 0 Å². The molecule has 0 amide bonds. The lowest BCUT2D eigenvalue weighted by atomic mass is 9.91. The molecule has 0 bridgehead atoms. The van der Waals surface area contributed by atoms with Crippen LogP contribution in [0.2, 0.25) is 0 Å². The number of hydrogen-bond acceptors (Lipinski definition) is 2. The standard InChI is InChI=1S/C19H30N4O/c1-19(2,3)15-17(22(4)5)21-18(23-11-13-24-14-12-23)20-16-9-7-6-8-10-16/h6-10H,11-15H2,1-5H3/b20-18?,21-17+. The Morgan fingerprint density at radius 1 is 1.12 bits per heavy atom. The fraction of sp³-hybridized carbons (Fsp3) is 0.579. The van der Waals surface area contributed by atoms with Crippen LogP contribution in [0, 0.1) is 5.41 Å². The molecule has 0 radical (unpaired) electrons. The van der Waals surface area contributed by atoms with Gasteiger partial charge in [0.1, 0.15) is 5.84 Å². The summed E-state index contributed by atoms with van der Waals surface area (Å²) >= 11 is 0. The molecule has 0 aliphatic carbocycles. The van der Waals surface area contributed by atoms with E-state index in [0.717, 1.165) is 50.2 Å². The summed E-state index contributed by atoms with van der Waals surface area (Å²) in [6, 6.07) is 10.0. The van der Waals surface area contributed by atoms with Gasteiger partial charge < -0.3 is 14.5 Å². The van der Waals surface area contributed by atoms with Crippen molar-refractivity contribution in [1.29, 1.82) is 0 Å². The fourth-order valence-corrected chi connectivity index (χ4v) is 2.44. The molecular formula is C19H30N4O. The van der Waals surface area contributed by atoms with Crippen molar-refractivity contribution in [3.8, 4) is 0 Å². The van der Waals surface area contributed by atoms with Gasteiger partial charge >= 0.3 is 0 Å². The SMILES string of the molecule is CN(C)/C(CC(C)(C)C)=N/C(=Nc1ccccc1)N1CCOCC1. The molecular weight excluding hydrogens is 300 g/mol. The maximum Gasteiger partial charge on any atom is 0.227 e. The molecule has 0 saturated carbocycles. The van der Waals surface area contributed by atoms with E-state index < -0.39 is 0 Å². The largest absolute Gasteiger partial charge is 0.378 e. The number of rotatable bonds is 2. The first kappa shape index (κ1) is 18.5. The van der Waals surface area contributed by atoms with Crippen LogP contribution in [0.1, 0.15) is 27.2 Å². The second-order valence-corrected chi connectivity index (χ2v) is 7.51. The molecule has 1 aromatic rings. The van der Waals surface area contributed by atoms with Crippen molar-refractivity contribution < 1.29 is 4.74 Å². The van der Waals surface area contributed by atoms with Gasteiger partial charge in [0.2, 0.25) is 5.96 Å². The zero-order chi connectivity index (χ0) is 17.6. The molecule has 0 atom stereocenters. The summed E-state index contributed by atoms with van der Waals surface area (Å²) in [6.45, 7) is 9.79. The third-order valence-electron chi connectivity index (χ3n) is 3.71. The number of nitrogens with zero attached hydrogens (tertiary/aromatic N) is 4. The second kappa shape index (κ2) is 8.29. The van der Waals surface area contributed by atoms with E-state index in [0.29, 0.717) is 0 Å². The van der Waals surface area contributed by atoms with Crippen molar-refractivity contribution in [2.45, 2.75) is 27.2 Å². The molecule has 24 heavy (non-hydrogen) atoms. The summed E-state index contributed by atoms with van der Waals surface area (Å²) in [5.41, 5.74) is 1.10. The first-order valence-corrected chi connectivity index (χ1v) is 8.56. The third kappa shape index (κ3) is 5.96. The van der Waals surface area contributed by atoms with E-state index in [-0.39, 0.29) is 5.41 Å². The Morgan fingerprint density at radius 3 is 2.29 bits per heavy atom. The van der Waals surface area contributed by atoms with Crippen molar-refractivity contribution in [3.63, 3.8) is 0 Å². The summed E-state index contributed by atoms with van der Waals surface area (Å²) in [5, 5.41) is 0. The Balaban J connectivity index is 2.36. The van der Waals surface area contributed by atoms with Crippen molar-refractivity contribution in [2.24, 2.45) is 15.4 Å². The molecule has 132 valence electrons. The number of guanidine groups is 1. The molecule has 0 spiro atoms. The first-order chi connectivity index (χ1) is 11.3. The minimum absolute atomic E-state index is 0.173. The van der Waals surface area contributed by atoms with Gasteiger partial charge in [0.05, 0.1) is 18.9 Å². The minimum Gasteiger partial charge on any atom is -0.378 e. The number of para-hydroxylation sites is 1. The molecule has 1 heterocycles. The van der Waals surface area contributed by atoms with Gasteiger partial charge in [-0.15, -0.1) is 0 Å². The molecule has 1 aliphatic rings. The highest BCUT2D eigenvalue weighted by atomic mass is 16.5. The van der Waals surface area contributed by atoms with Gasteiger partial charge in [0.15, 0.2) is 0 Å². The molecule has 0 aromatic heterocycles. The van der Waals surface area contributed by atoms with E-state index in [1.165, 1.54) is 0 Å². The van der Waals surface area contributed by atoms with Gasteiger partial charge in [-0.2, -0.15) is 4.99 Å². The molecule has 1 aromatic carbocycles. The zero-order valence-electron chi connectivity index (χ0n) is 15.6. The van der Waals surface area contributed by atoms with Gasteiger partial charge in [-0.1, -0.05) is 39.0 Å². The van der Waals surface area contributed by atoms with Crippen LogP contribution < -0.4 is 0 Å². The average Bonchev–Trinajstić information content (AvgIpc) is 2.54. The van der Waals surface area contributed by atoms with Crippen LogP contribution in [-0.4, -0.2) is 62.0 Å². The lowest BCUT2D eigenvalue weighted by Crippen LogP contribution is -2.41. The normalized spacial score (nSPS) is 17.1. The quantitative estimate of drug-likeness (QED) is 0.616. The van der Waals surface area contributed by atoms with Crippen LogP contribution in [0.4, 0.5) is 5.69 Å². The summed E-state index contributed by atoms with van der Waals surface area (Å²) in [4.78, 5) is 14.1. The Bertz CT molecular complexity index is 567. The van der Waals surface area contributed by atoms with Crippen LogP contribution in [0.3, 0.4) is 0 Å². The lowest BCUT2D eigenvalue weighted by Gasteiger charge is -2.30. The average molecular weight is 330 g/mol. The Labute approximate surface area is 146 Å². The molecule has 0 N–H and O–H groups in total. The van der Waals surface area contributed by atoms with E-state index in [2.05, 4.69) is 30.6 Å². The summed E-state index contributed by atoms with van der Waals surface area (Å²) in [5.74, 6) is 1.82. The van der Waals surface area contributed by atoms with E-state index >= 15 is 0 Å². The second-order valence-electron chi connectivity index (χ2n) is 7.51. The molecule has 0 unspecified atom stereocenters. The number of amidine groups is 1. The number of benzene rings is 1. The summed E-state index contributed by atoms with van der Waals surface area (Å²) < 4.78 is 5.48. The Hall–Kier alpha value is -1.88. The topological polar surface area (TPSA) is 40.4 Å². The van der Waals surface area contributed by atoms with Crippen molar-refractivity contribution in [3.05, 3.63) is 30.3 Å². The maximum atomic E-state index is 5.48.